The number of hydrogen-bond donors (Lipinski definition) is 1. The number of ether oxygens (including phenoxy) is 1. The summed E-state index contributed by atoms with van der Waals surface area (Å²) in [4.78, 5) is 28.6. The molecule has 3 heterocycles. The van der Waals surface area contributed by atoms with Crippen molar-refractivity contribution in [3.8, 4) is 0 Å². The van der Waals surface area contributed by atoms with Crippen molar-refractivity contribution in [1.82, 2.24) is 15.1 Å². The van der Waals surface area contributed by atoms with Gasteiger partial charge in [-0.25, -0.2) is 0 Å². The molecule has 2 atom stereocenters. The van der Waals surface area contributed by atoms with E-state index in [2.05, 4.69) is 10.2 Å². The Balaban J connectivity index is 1.43. The van der Waals surface area contributed by atoms with Gasteiger partial charge in [0.1, 0.15) is 0 Å². The predicted molar refractivity (Wildman–Crippen MR) is 86.9 cm³/mol. The van der Waals surface area contributed by atoms with Gasteiger partial charge in [-0.05, 0) is 51.1 Å². The van der Waals surface area contributed by atoms with Crippen LogP contribution in [0.4, 0.5) is 0 Å². The first-order valence-corrected chi connectivity index (χ1v) is 8.99. The van der Waals surface area contributed by atoms with Crippen LogP contribution in [0.25, 0.3) is 0 Å². The van der Waals surface area contributed by atoms with Crippen LogP contribution >= 0.6 is 0 Å². The fraction of sp³-hybridized carbons (Fsp3) is 0.882. The van der Waals surface area contributed by atoms with Crippen LogP contribution in [0.2, 0.25) is 0 Å². The van der Waals surface area contributed by atoms with Crippen LogP contribution < -0.4 is 5.32 Å². The summed E-state index contributed by atoms with van der Waals surface area (Å²) in [5.41, 5.74) is 0. The standard InChI is InChI=1S/C17H29N3O3/c1-19(17(22)14-6-10-23-12-14)11-13-4-8-20(9-5-13)15-3-2-7-18-16(15)21/h13-15H,2-12H2,1H3,(H,18,21). The summed E-state index contributed by atoms with van der Waals surface area (Å²) in [7, 11) is 1.92. The van der Waals surface area contributed by atoms with E-state index in [1.54, 1.807) is 0 Å². The Hall–Kier alpha value is -1.14. The summed E-state index contributed by atoms with van der Waals surface area (Å²) >= 11 is 0. The Morgan fingerprint density at radius 2 is 2.09 bits per heavy atom. The highest BCUT2D eigenvalue weighted by molar-refractivity contribution is 5.82. The van der Waals surface area contributed by atoms with Crippen molar-refractivity contribution in [3.63, 3.8) is 0 Å². The number of nitrogens with one attached hydrogen (secondary N) is 1. The Morgan fingerprint density at radius 1 is 1.30 bits per heavy atom. The average molecular weight is 323 g/mol. The molecule has 2 unspecified atom stereocenters. The molecule has 1 N–H and O–H groups in total. The lowest BCUT2D eigenvalue weighted by Crippen LogP contribution is -2.53. The molecule has 0 aromatic carbocycles. The monoisotopic (exact) mass is 323 g/mol. The third-order valence-corrected chi connectivity index (χ3v) is 5.53. The first-order chi connectivity index (χ1) is 11.1. The number of hydrogen-bond acceptors (Lipinski definition) is 4. The van der Waals surface area contributed by atoms with Crippen molar-refractivity contribution in [3.05, 3.63) is 0 Å². The summed E-state index contributed by atoms with van der Waals surface area (Å²) in [6, 6.07) is 0.0692. The van der Waals surface area contributed by atoms with E-state index in [0.29, 0.717) is 19.1 Å². The van der Waals surface area contributed by atoms with Gasteiger partial charge >= 0.3 is 0 Å². The van der Waals surface area contributed by atoms with E-state index in [1.807, 2.05) is 11.9 Å². The van der Waals surface area contributed by atoms with Gasteiger partial charge in [0.05, 0.1) is 18.6 Å². The molecule has 2 amide bonds. The van der Waals surface area contributed by atoms with Crippen LogP contribution in [0, 0.1) is 11.8 Å². The van der Waals surface area contributed by atoms with Gasteiger partial charge in [0.2, 0.25) is 11.8 Å². The van der Waals surface area contributed by atoms with Crippen LogP contribution in [0.5, 0.6) is 0 Å². The van der Waals surface area contributed by atoms with Gasteiger partial charge in [0.15, 0.2) is 0 Å². The highest BCUT2D eigenvalue weighted by Crippen LogP contribution is 2.23. The molecule has 0 radical (unpaired) electrons. The molecule has 0 aromatic rings. The Morgan fingerprint density at radius 3 is 2.74 bits per heavy atom. The quantitative estimate of drug-likeness (QED) is 0.817. The van der Waals surface area contributed by atoms with Crippen molar-refractivity contribution in [2.24, 2.45) is 11.8 Å². The van der Waals surface area contributed by atoms with Gasteiger partial charge in [-0.2, -0.15) is 0 Å². The normalized spacial score (nSPS) is 30.2. The molecule has 0 bridgehead atoms. The van der Waals surface area contributed by atoms with Crippen molar-refractivity contribution in [2.75, 3.05) is 46.4 Å². The maximum Gasteiger partial charge on any atom is 0.237 e. The largest absolute Gasteiger partial charge is 0.381 e. The lowest BCUT2D eigenvalue weighted by Gasteiger charge is -2.39. The van der Waals surface area contributed by atoms with Crippen LogP contribution in [0.3, 0.4) is 0 Å². The smallest absolute Gasteiger partial charge is 0.237 e. The zero-order valence-electron chi connectivity index (χ0n) is 14.1. The zero-order valence-corrected chi connectivity index (χ0v) is 14.1. The van der Waals surface area contributed by atoms with Gasteiger partial charge in [-0.3, -0.25) is 14.5 Å². The van der Waals surface area contributed by atoms with Crippen molar-refractivity contribution < 1.29 is 14.3 Å². The van der Waals surface area contributed by atoms with Crippen molar-refractivity contribution >= 4 is 11.8 Å². The lowest BCUT2D eigenvalue weighted by atomic mass is 9.93. The number of piperidine rings is 2. The molecule has 0 spiro atoms. The van der Waals surface area contributed by atoms with E-state index in [-0.39, 0.29) is 23.8 Å². The van der Waals surface area contributed by atoms with Gasteiger partial charge in [-0.1, -0.05) is 0 Å². The summed E-state index contributed by atoms with van der Waals surface area (Å²) in [5.74, 6) is 1.04. The molecule has 23 heavy (non-hydrogen) atoms. The van der Waals surface area contributed by atoms with E-state index in [4.69, 9.17) is 4.74 Å². The maximum absolute atomic E-state index is 12.4. The molecule has 6 heteroatoms. The molecule has 6 nitrogen and oxygen atoms in total. The topological polar surface area (TPSA) is 61.9 Å². The van der Waals surface area contributed by atoms with Crippen LogP contribution in [0.15, 0.2) is 0 Å². The molecule has 3 rings (SSSR count). The third-order valence-electron chi connectivity index (χ3n) is 5.53. The van der Waals surface area contributed by atoms with E-state index >= 15 is 0 Å². The number of nitrogens with zero attached hydrogens (tertiary/aromatic N) is 2. The molecule has 3 aliphatic heterocycles. The number of carbonyl (C=O) groups is 2. The van der Waals surface area contributed by atoms with Crippen molar-refractivity contribution in [2.45, 2.75) is 38.1 Å². The number of carbonyl (C=O) groups excluding carboxylic acids is 2. The zero-order chi connectivity index (χ0) is 16.2. The lowest BCUT2D eigenvalue weighted by molar-refractivity contribution is -0.135. The molecule has 0 aromatic heterocycles. The van der Waals surface area contributed by atoms with E-state index < -0.39 is 0 Å². The molecule has 130 valence electrons. The minimum Gasteiger partial charge on any atom is -0.381 e. The molecule has 3 fully saturated rings. The maximum atomic E-state index is 12.4. The first kappa shape index (κ1) is 16.7. The Kier molecular flexibility index (Phi) is 5.54. The summed E-state index contributed by atoms with van der Waals surface area (Å²) in [5, 5.41) is 2.97. The SMILES string of the molecule is CN(CC1CCN(C2CCCNC2=O)CC1)C(=O)C1CCOC1. The van der Waals surface area contributed by atoms with Crippen LogP contribution in [-0.2, 0) is 14.3 Å². The second kappa shape index (κ2) is 7.62. The van der Waals surface area contributed by atoms with E-state index in [9.17, 15) is 9.59 Å². The highest BCUT2D eigenvalue weighted by atomic mass is 16.5. The second-order valence-corrected chi connectivity index (χ2v) is 7.21. The van der Waals surface area contributed by atoms with Gasteiger partial charge in [-0.15, -0.1) is 0 Å². The molecule has 3 saturated heterocycles. The van der Waals surface area contributed by atoms with Crippen LogP contribution in [0.1, 0.15) is 32.1 Å². The average Bonchev–Trinajstić information content (AvgIpc) is 3.10. The molecular formula is C17H29N3O3. The first-order valence-electron chi connectivity index (χ1n) is 8.99. The molecular weight excluding hydrogens is 294 g/mol. The number of amides is 2. The fourth-order valence-corrected chi connectivity index (χ4v) is 4.07. The fourth-order valence-electron chi connectivity index (χ4n) is 4.07. The minimum absolute atomic E-state index is 0.0611. The minimum atomic E-state index is 0.0611. The van der Waals surface area contributed by atoms with Gasteiger partial charge in [0, 0.05) is 26.7 Å². The number of likely N-dealkylation sites (tertiary alicyclic amines) is 1. The Labute approximate surface area is 138 Å². The highest BCUT2D eigenvalue weighted by Gasteiger charge is 2.32. The summed E-state index contributed by atoms with van der Waals surface area (Å²) < 4.78 is 5.32. The molecule has 3 aliphatic rings. The van der Waals surface area contributed by atoms with Crippen LogP contribution in [-0.4, -0.2) is 74.1 Å². The van der Waals surface area contributed by atoms with Gasteiger partial charge in [0.25, 0.3) is 0 Å². The van der Waals surface area contributed by atoms with E-state index in [1.165, 1.54) is 0 Å². The number of rotatable bonds is 4. The van der Waals surface area contributed by atoms with Gasteiger partial charge < -0.3 is 15.0 Å². The molecule has 0 aliphatic carbocycles. The van der Waals surface area contributed by atoms with Crippen molar-refractivity contribution in [1.29, 1.82) is 0 Å². The third kappa shape index (κ3) is 4.04. The summed E-state index contributed by atoms with van der Waals surface area (Å²) in [6.07, 6.45) is 5.07. The summed E-state index contributed by atoms with van der Waals surface area (Å²) in [6.45, 7) is 4.89. The Bertz CT molecular complexity index is 429. The van der Waals surface area contributed by atoms with E-state index in [0.717, 1.165) is 58.3 Å². The predicted octanol–water partition coefficient (Wildman–Crippen LogP) is 0.472. The molecule has 0 saturated carbocycles. The second-order valence-electron chi connectivity index (χ2n) is 7.21.